The number of nitrogens with zero attached hydrogens (tertiary/aromatic N) is 1. The monoisotopic (exact) mass is 415 g/mol. The molecule has 0 saturated heterocycles. The highest BCUT2D eigenvalue weighted by Crippen LogP contribution is 2.39. The largest absolute Gasteiger partial charge is 0.488 e. The van der Waals surface area contributed by atoms with E-state index in [9.17, 15) is 14.9 Å². The summed E-state index contributed by atoms with van der Waals surface area (Å²) in [6, 6.07) is 15.7. The minimum absolute atomic E-state index is 0.00872. The van der Waals surface area contributed by atoms with Crippen molar-refractivity contribution in [2.45, 2.75) is 27.4 Å². The topological polar surface area (TPSA) is 78.7 Å². The SMILES string of the molecule is Cc1ccc(C)c(COc2ccc3c(c2C)O/C(=C\c2ccc([N+](=O)[O-])cc2)C3=O)c1. The summed E-state index contributed by atoms with van der Waals surface area (Å²) in [5, 5.41) is 10.8. The molecule has 0 bridgehead atoms. The van der Waals surface area contributed by atoms with Crippen LogP contribution in [0.25, 0.3) is 6.08 Å². The van der Waals surface area contributed by atoms with Crippen LogP contribution >= 0.6 is 0 Å². The maximum absolute atomic E-state index is 12.8. The van der Waals surface area contributed by atoms with E-state index in [2.05, 4.69) is 18.2 Å². The lowest BCUT2D eigenvalue weighted by Crippen LogP contribution is -2.00. The van der Waals surface area contributed by atoms with Gasteiger partial charge < -0.3 is 9.47 Å². The third-order valence-electron chi connectivity index (χ3n) is 5.33. The number of nitro groups is 1. The molecule has 0 aliphatic carbocycles. The number of ether oxygens (including phenoxy) is 2. The maximum atomic E-state index is 12.8. The van der Waals surface area contributed by atoms with Gasteiger partial charge in [-0.05, 0) is 67.8 Å². The molecule has 3 aromatic rings. The molecule has 0 atom stereocenters. The third kappa shape index (κ3) is 4.05. The number of carbonyl (C=O) groups is 1. The number of nitro benzene ring substituents is 1. The molecule has 6 nitrogen and oxygen atoms in total. The molecular formula is C25H21NO5. The summed E-state index contributed by atoms with van der Waals surface area (Å²) in [6.07, 6.45) is 1.59. The fourth-order valence-electron chi connectivity index (χ4n) is 3.48. The van der Waals surface area contributed by atoms with E-state index in [4.69, 9.17) is 9.47 Å². The van der Waals surface area contributed by atoms with Crippen LogP contribution in [-0.4, -0.2) is 10.7 Å². The van der Waals surface area contributed by atoms with Gasteiger partial charge in [-0.15, -0.1) is 0 Å². The number of non-ortho nitro benzene ring substituents is 1. The molecular weight excluding hydrogens is 394 g/mol. The van der Waals surface area contributed by atoms with E-state index in [0.717, 1.165) is 16.7 Å². The standard InChI is InChI=1S/C25H21NO5/c1-15-4-5-16(2)19(12-15)14-30-22-11-10-21-24(27)23(31-25(21)17(22)3)13-18-6-8-20(9-7-18)26(28)29/h4-13H,14H2,1-3H3/b23-13-. The highest BCUT2D eigenvalue weighted by molar-refractivity contribution is 6.15. The molecule has 31 heavy (non-hydrogen) atoms. The molecule has 0 radical (unpaired) electrons. The second-order valence-corrected chi connectivity index (χ2v) is 7.57. The van der Waals surface area contributed by atoms with Crippen molar-refractivity contribution in [2.75, 3.05) is 0 Å². The number of ketones is 1. The van der Waals surface area contributed by atoms with Gasteiger partial charge in [0, 0.05) is 17.7 Å². The first-order valence-electron chi connectivity index (χ1n) is 9.84. The van der Waals surface area contributed by atoms with Crippen LogP contribution in [0.15, 0.2) is 60.4 Å². The Hall–Kier alpha value is -3.93. The normalized spacial score (nSPS) is 13.8. The van der Waals surface area contributed by atoms with E-state index in [1.54, 1.807) is 30.3 Å². The molecule has 3 aromatic carbocycles. The van der Waals surface area contributed by atoms with E-state index >= 15 is 0 Å². The van der Waals surface area contributed by atoms with Gasteiger partial charge in [-0.25, -0.2) is 0 Å². The van der Waals surface area contributed by atoms with E-state index < -0.39 is 4.92 Å². The second-order valence-electron chi connectivity index (χ2n) is 7.57. The van der Waals surface area contributed by atoms with Gasteiger partial charge in [0.25, 0.3) is 5.69 Å². The molecule has 6 heteroatoms. The van der Waals surface area contributed by atoms with E-state index in [1.165, 1.54) is 17.7 Å². The van der Waals surface area contributed by atoms with Gasteiger partial charge in [0.2, 0.25) is 5.78 Å². The molecule has 0 spiro atoms. The average molecular weight is 415 g/mol. The van der Waals surface area contributed by atoms with E-state index in [-0.39, 0.29) is 17.2 Å². The highest BCUT2D eigenvalue weighted by Gasteiger charge is 2.30. The van der Waals surface area contributed by atoms with Crippen LogP contribution < -0.4 is 9.47 Å². The molecule has 0 aromatic heterocycles. The number of hydrogen-bond acceptors (Lipinski definition) is 5. The summed E-state index contributed by atoms with van der Waals surface area (Å²) in [5.41, 5.74) is 5.30. The first-order valence-corrected chi connectivity index (χ1v) is 9.84. The van der Waals surface area contributed by atoms with Crippen molar-refractivity contribution in [3.05, 3.63) is 104 Å². The number of hydrogen-bond donors (Lipinski definition) is 0. The fourth-order valence-corrected chi connectivity index (χ4v) is 3.48. The minimum atomic E-state index is -0.465. The van der Waals surface area contributed by atoms with Gasteiger partial charge in [0.05, 0.1) is 10.5 Å². The van der Waals surface area contributed by atoms with E-state index in [0.29, 0.717) is 29.2 Å². The lowest BCUT2D eigenvalue weighted by Gasteiger charge is -2.13. The van der Waals surface area contributed by atoms with Crippen molar-refractivity contribution in [1.29, 1.82) is 0 Å². The smallest absolute Gasteiger partial charge is 0.269 e. The quantitative estimate of drug-likeness (QED) is 0.303. The summed E-state index contributed by atoms with van der Waals surface area (Å²) in [4.78, 5) is 23.1. The van der Waals surface area contributed by atoms with Crippen molar-refractivity contribution in [3.63, 3.8) is 0 Å². The molecule has 0 saturated carbocycles. The fraction of sp³-hybridized carbons (Fsp3) is 0.160. The summed E-state index contributed by atoms with van der Waals surface area (Å²) in [7, 11) is 0. The average Bonchev–Trinajstić information content (AvgIpc) is 3.06. The zero-order chi connectivity index (χ0) is 22.1. The number of benzene rings is 3. The molecule has 0 amide bonds. The molecule has 0 fully saturated rings. The van der Waals surface area contributed by atoms with Crippen LogP contribution in [0.5, 0.6) is 11.5 Å². The Morgan fingerprint density at radius 1 is 1.03 bits per heavy atom. The van der Waals surface area contributed by atoms with Crippen molar-refractivity contribution < 1.29 is 19.2 Å². The number of Topliss-reactive ketones (excluding diaryl/α,β-unsaturated/α-hetero) is 1. The van der Waals surface area contributed by atoms with Crippen LogP contribution in [-0.2, 0) is 6.61 Å². The van der Waals surface area contributed by atoms with Crippen LogP contribution in [0, 0.1) is 30.9 Å². The molecule has 0 N–H and O–H groups in total. The van der Waals surface area contributed by atoms with Crippen LogP contribution in [0.1, 0.15) is 38.2 Å². The Morgan fingerprint density at radius 3 is 2.48 bits per heavy atom. The first kappa shape index (κ1) is 20.3. The zero-order valence-electron chi connectivity index (χ0n) is 17.5. The van der Waals surface area contributed by atoms with Crippen LogP contribution in [0.3, 0.4) is 0 Å². The summed E-state index contributed by atoms with van der Waals surface area (Å²) >= 11 is 0. The van der Waals surface area contributed by atoms with Crippen molar-refractivity contribution >= 4 is 17.5 Å². The number of fused-ring (bicyclic) bond motifs is 1. The Bertz CT molecular complexity index is 1230. The molecule has 0 unspecified atom stereocenters. The molecule has 156 valence electrons. The number of rotatable bonds is 5. The van der Waals surface area contributed by atoms with Crippen LogP contribution in [0.4, 0.5) is 5.69 Å². The summed E-state index contributed by atoms with van der Waals surface area (Å²) in [5.74, 6) is 1.09. The van der Waals surface area contributed by atoms with Gasteiger partial charge in [-0.2, -0.15) is 0 Å². The van der Waals surface area contributed by atoms with Gasteiger partial charge in [0.15, 0.2) is 5.76 Å². The predicted molar refractivity (Wildman–Crippen MR) is 117 cm³/mol. The van der Waals surface area contributed by atoms with Gasteiger partial charge in [0.1, 0.15) is 18.1 Å². The van der Waals surface area contributed by atoms with Crippen molar-refractivity contribution in [1.82, 2.24) is 0 Å². The number of carbonyl (C=O) groups excluding carboxylic acids is 1. The Labute approximate surface area is 179 Å². The lowest BCUT2D eigenvalue weighted by atomic mass is 10.0. The van der Waals surface area contributed by atoms with Gasteiger partial charge in [-0.3, -0.25) is 14.9 Å². The highest BCUT2D eigenvalue weighted by atomic mass is 16.6. The maximum Gasteiger partial charge on any atom is 0.269 e. The molecule has 1 aliphatic rings. The Morgan fingerprint density at radius 2 is 1.77 bits per heavy atom. The second kappa shape index (κ2) is 8.07. The molecule has 1 aliphatic heterocycles. The Kier molecular flexibility index (Phi) is 5.29. The van der Waals surface area contributed by atoms with Crippen LogP contribution in [0.2, 0.25) is 0 Å². The van der Waals surface area contributed by atoms with Crippen molar-refractivity contribution in [3.8, 4) is 11.5 Å². The summed E-state index contributed by atoms with van der Waals surface area (Å²) in [6.45, 7) is 6.37. The molecule has 4 rings (SSSR count). The minimum Gasteiger partial charge on any atom is -0.488 e. The van der Waals surface area contributed by atoms with Gasteiger partial charge >= 0.3 is 0 Å². The molecule has 1 heterocycles. The zero-order valence-corrected chi connectivity index (χ0v) is 17.5. The van der Waals surface area contributed by atoms with E-state index in [1.807, 2.05) is 20.8 Å². The first-order chi connectivity index (χ1) is 14.8. The summed E-state index contributed by atoms with van der Waals surface area (Å²) < 4.78 is 11.9. The lowest BCUT2D eigenvalue weighted by molar-refractivity contribution is -0.384. The Balaban J connectivity index is 1.56. The van der Waals surface area contributed by atoms with Crippen molar-refractivity contribution in [2.24, 2.45) is 0 Å². The van der Waals surface area contributed by atoms with Gasteiger partial charge in [-0.1, -0.05) is 23.8 Å². The third-order valence-corrected chi connectivity index (χ3v) is 5.33. The number of aryl methyl sites for hydroxylation is 2. The number of allylic oxidation sites excluding steroid dienone is 1. The predicted octanol–water partition coefficient (Wildman–Crippen LogP) is 5.72.